The molecule has 1 heterocycles. The van der Waals surface area contributed by atoms with Gasteiger partial charge in [-0.15, -0.1) is 0 Å². The third-order valence-corrected chi connectivity index (χ3v) is 4.28. The Morgan fingerprint density at radius 3 is 2.68 bits per heavy atom. The van der Waals surface area contributed by atoms with Gasteiger partial charge in [-0.25, -0.2) is 4.98 Å². The SMILES string of the molecule is Cc1ccc(Nc2nc3ccc(Cl)cc3s2)cc1C. The Bertz CT molecular complexity index is 749. The van der Waals surface area contributed by atoms with E-state index in [1.165, 1.54) is 11.1 Å². The molecule has 0 saturated carbocycles. The lowest BCUT2D eigenvalue weighted by Crippen LogP contribution is -1.90. The number of benzene rings is 2. The molecular formula is C15H13ClN2S. The molecule has 0 saturated heterocycles. The van der Waals surface area contributed by atoms with Gasteiger partial charge < -0.3 is 5.32 Å². The van der Waals surface area contributed by atoms with Crippen LogP contribution in [0.1, 0.15) is 11.1 Å². The maximum atomic E-state index is 5.98. The van der Waals surface area contributed by atoms with Gasteiger partial charge in [0, 0.05) is 10.7 Å². The van der Waals surface area contributed by atoms with E-state index in [9.17, 15) is 0 Å². The summed E-state index contributed by atoms with van der Waals surface area (Å²) in [5.74, 6) is 0. The molecule has 0 atom stereocenters. The number of hydrogen-bond donors (Lipinski definition) is 1. The van der Waals surface area contributed by atoms with E-state index in [0.717, 1.165) is 26.1 Å². The number of nitrogens with zero attached hydrogens (tertiary/aromatic N) is 1. The Hall–Kier alpha value is -1.58. The summed E-state index contributed by atoms with van der Waals surface area (Å²) in [5.41, 5.74) is 4.60. The van der Waals surface area contributed by atoms with Crippen molar-refractivity contribution in [2.24, 2.45) is 0 Å². The van der Waals surface area contributed by atoms with Gasteiger partial charge in [-0.05, 0) is 55.3 Å². The van der Waals surface area contributed by atoms with Crippen molar-refractivity contribution in [3.05, 3.63) is 52.5 Å². The molecule has 19 heavy (non-hydrogen) atoms. The molecule has 0 spiro atoms. The second-order valence-electron chi connectivity index (χ2n) is 4.56. The molecule has 0 radical (unpaired) electrons. The quantitative estimate of drug-likeness (QED) is 0.691. The third-order valence-electron chi connectivity index (χ3n) is 3.11. The molecule has 0 aliphatic heterocycles. The lowest BCUT2D eigenvalue weighted by Gasteiger charge is -2.05. The molecule has 1 aromatic heterocycles. The monoisotopic (exact) mass is 288 g/mol. The summed E-state index contributed by atoms with van der Waals surface area (Å²) in [6.45, 7) is 4.22. The minimum Gasteiger partial charge on any atom is -0.332 e. The van der Waals surface area contributed by atoms with Crippen LogP contribution in [0.4, 0.5) is 10.8 Å². The normalized spacial score (nSPS) is 10.9. The van der Waals surface area contributed by atoms with E-state index in [1.54, 1.807) is 11.3 Å². The van der Waals surface area contributed by atoms with Crippen LogP contribution in [0, 0.1) is 13.8 Å². The Balaban J connectivity index is 1.94. The van der Waals surface area contributed by atoms with Crippen molar-refractivity contribution in [2.75, 3.05) is 5.32 Å². The fourth-order valence-corrected chi connectivity index (χ4v) is 3.06. The van der Waals surface area contributed by atoms with Gasteiger partial charge in [-0.2, -0.15) is 0 Å². The first-order chi connectivity index (χ1) is 9.11. The summed E-state index contributed by atoms with van der Waals surface area (Å²) in [6.07, 6.45) is 0. The van der Waals surface area contributed by atoms with Crippen molar-refractivity contribution in [1.82, 2.24) is 4.98 Å². The molecule has 2 nitrogen and oxygen atoms in total. The number of halogens is 1. The number of rotatable bonds is 2. The second kappa shape index (κ2) is 4.83. The highest BCUT2D eigenvalue weighted by atomic mass is 35.5. The molecule has 0 bridgehead atoms. The smallest absolute Gasteiger partial charge is 0.188 e. The lowest BCUT2D eigenvalue weighted by molar-refractivity contribution is 1.33. The summed E-state index contributed by atoms with van der Waals surface area (Å²) >= 11 is 7.59. The van der Waals surface area contributed by atoms with Crippen LogP contribution in [0.25, 0.3) is 10.2 Å². The van der Waals surface area contributed by atoms with Crippen molar-refractivity contribution < 1.29 is 0 Å². The average molecular weight is 289 g/mol. The topological polar surface area (TPSA) is 24.9 Å². The molecule has 4 heteroatoms. The molecule has 0 aliphatic rings. The molecule has 3 rings (SSSR count). The van der Waals surface area contributed by atoms with Crippen molar-refractivity contribution >= 4 is 44.0 Å². The van der Waals surface area contributed by atoms with Gasteiger partial charge in [-0.3, -0.25) is 0 Å². The number of aromatic nitrogens is 1. The van der Waals surface area contributed by atoms with Crippen LogP contribution in [0.2, 0.25) is 5.02 Å². The molecule has 0 aliphatic carbocycles. The van der Waals surface area contributed by atoms with Gasteiger partial charge in [-0.1, -0.05) is 29.0 Å². The first-order valence-electron chi connectivity index (χ1n) is 6.02. The lowest BCUT2D eigenvalue weighted by atomic mass is 10.1. The van der Waals surface area contributed by atoms with Crippen LogP contribution in [-0.4, -0.2) is 4.98 Å². The molecule has 2 aromatic carbocycles. The predicted octanol–water partition coefficient (Wildman–Crippen LogP) is 5.31. The maximum Gasteiger partial charge on any atom is 0.188 e. The standard InChI is InChI=1S/C15H13ClN2S/c1-9-3-5-12(7-10(9)2)17-15-18-13-6-4-11(16)8-14(13)19-15/h3-8H,1-2H3,(H,17,18). The predicted molar refractivity (Wildman–Crippen MR) is 83.8 cm³/mol. The maximum absolute atomic E-state index is 5.98. The summed E-state index contributed by atoms with van der Waals surface area (Å²) in [7, 11) is 0. The average Bonchev–Trinajstić information content (AvgIpc) is 2.75. The highest BCUT2D eigenvalue weighted by Gasteiger charge is 2.05. The molecule has 0 amide bonds. The van der Waals surface area contributed by atoms with Gasteiger partial charge in [0.2, 0.25) is 0 Å². The van der Waals surface area contributed by atoms with Gasteiger partial charge in [0.1, 0.15) is 0 Å². The van der Waals surface area contributed by atoms with Gasteiger partial charge in [0.15, 0.2) is 5.13 Å². The number of aryl methyl sites for hydroxylation is 2. The van der Waals surface area contributed by atoms with Crippen molar-refractivity contribution in [2.45, 2.75) is 13.8 Å². The Kier molecular flexibility index (Phi) is 3.17. The number of fused-ring (bicyclic) bond motifs is 1. The van der Waals surface area contributed by atoms with Gasteiger partial charge >= 0.3 is 0 Å². The summed E-state index contributed by atoms with van der Waals surface area (Å²) < 4.78 is 1.10. The molecule has 3 aromatic rings. The van der Waals surface area contributed by atoms with E-state index in [1.807, 2.05) is 18.2 Å². The van der Waals surface area contributed by atoms with Crippen molar-refractivity contribution in [3.8, 4) is 0 Å². The third kappa shape index (κ3) is 2.57. The zero-order valence-corrected chi connectivity index (χ0v) is 12.3. The number of hydrogen-bond acceptors (Lipinski definition) is 3. The zero-order valence-electron chi connectivity index (χ0n) is 10.7. The molecule has 1 N–H and O–H groups in total. The Morgan fingerprint density at radius 2 is 1.89 bits per heavy atom. The molecular weight excluding hydrogens is 276 g/mol. The van der Waals surface area contributed by atoms with Gasteiger partial charge in [0.25, 0.3) is 0 Å². The van der Waals surface area contributed by atoms with Crippen LogP contribution in [0.5, 0.6) is 0 Å². The van der Waals surface area contributed by atoms with E-state index < -0.39 is 0 Å². The first-order valence-corrected chi connectivity index (χ1v) is 7.21. The van der Waals surface area contributed by atoms with Crippen LogP contribution in [0.3, 0.4) is 0 Å². The van der Waals surface area contributed by atoms with E-state index in [2.05, 4.69) is 42.3 Å². The summed E-state index contributed by atoms with van der Waals surface area (Å²) in [5, 5.41) is 4.98. The number of thiazole rings is 1. The minimum absolute atomic E-state index is 0.744. The summed E-state index contributed by atoms with van der Waals surface area (Å²) in [4.78, 5) is 4.55. The highest BCUT2D eigenvalue weighted by molar-refractivity contribution is 7.22. The molecule has 0 unspecified atom stereocenters. The van der Waals surface area contributed by atoms with Crippen molar-refractivity contribution in [1.29, 1.82) is 0 Å². The largest absolute Gasteiger partial charge is 0.332 e. The van der Waals surface area contributed by atoms with Crippen LogP contribution < -0.4 is 5.32 Å². The van der Waals surface area contributed by atoms with E-state index >= 15 is 0 Å². The fourth-order valence-electron chi connectivity index (χ4n) is 1.89. The van der Waals surface area contributed by atoms with Crippen LogP contribution >= 0.6 is 22.9 Å². The minimum atomic E-state index is 0.744. The number of nitrogens with one attached hydrogen (secondary N) is 1. The van der Waals surface area contributed by atoms with E-state index in [0.29, 0.717) is 0 Å². The Labute approximate surface area is 121 Å². The number of anilines is 2. The zero-order chi connectivity index (χ0) is 13.4. The van der Waals surface area contributed by atoms with Crippen molar-refractivity contribution in [3.63, 3.8) is 0 Å². The fraction of sp³-hybridized carbons (Fsp3) is 0.133. The van der Waals surface area contributed by atoms with E-state index in [4.69, 9.17) is 11.6 Å². The van der Waals surface area contributed by atoms with E-state index in [-0.39, 0.29) is 0 Å². The highest BCUT2D eigenvalue weighted by Crippen LogP contribution is 2.30. The van der Waals surface area contributed by atoms with Crippen LogP contribution in [-0.2, 0) is 0 Å². The Morgan fingerprint density at radius 1 is 1.05 bits per heavy atom. The first kappa shape index (κ1) is 12.5. The summed E-state index contributed by atoms with van der Waals surface area (Å²) in [6, 6.07) is 12.1. The molecule has 0 fully saturated rings. The molecule has 96 valence electrons. The van der Waals surface area contributed by atoms with Crippen LogP contribution in [0.15, 0.2) is 36.4 Å². The van der Waals surface area contributed by atoms with Gasteiger partial charge in [0.05, 0.1) is 10.2 Å². The second-order valence-corrected chi connectivity index (χ2v) is 6.02.